The summed E-state index contributed by atoms with van der Waals surface area (Å²) in [5.74, 6) is -1.40. The molecule has 0 aliphatic heterocycles. The Hall–Kier alpha value is -2.32. The minimum Gasteiger partial charge on any atom is -0.468 e. The summed E-state index contributed by atoms with van der Waals surface area (Å²) in [6.45, 7) is 10.7. The number of carbonyl (C=O) groups excluding carboxylic acids is 4. The third kappa shape index (κ3) is 8.92. The van der Waals surface area contributed by atoms with Crippen molar-refractivity contribution in [2.75, 3.05) is 13.7 Å². The predicted molar refractivity (Wildman–Crippen MR) is 88.8 cm³/mol. The molecule has 0 radical (unpaired) electrons. The second-order valence-corrected chi connectivity index (χ2v) is 7.30. The average Bonchev–Trinajstić information content (AvgIpc) is 2.40. The summed E-state index contributed by atoms with van der Waals surface area (Å²) >= 11 is 0. The van der Waals surface area contributed by atoms with Crippen LogP contribution in [0.3, 0.4) is 0 Å². The normalized spacial score (nSPS) is 12.6. The molecule has 0 fully saturated rings. The molecule has 0 aliphatic carbocycles. The van der Waals surface area contributed by atoms with Gasteiger partial charge in [0, 0.05) is 0 Å². The van der Waals surface area contributed by atoms with E-state index in [-0.39, 0.29) is 0 Å². The largest absolute Gasteiger partial charge is 0.468 e. The highest BCUT2D eigenvalue weighted by atomic mass is 16.6. The molecule has 0 aromatic carbocycles. The van der Waals surface area contributed by atoms with E-state index in [1.165, 1.54) is 14.0 Å². The topological polar surface area (TPSA) is 111 Å². The van der Waals surface area contributed by atoms with Gasteiger partial charge in [-0.2, -0.15) is 4.90 Å². The Labute approximate surface area is 148 Å². The first-order chi connectivity index (χ1) is 11.2. The van der Waals surface area contributed by atoms with E-state index in [9.17, 15) is 19.2 Å². The first-order valence-corrected chi connectivity index (χ1v) is 7.77. The van der Waals surface area contributed by atoms with Gasteiger partial charge in [0.05, 0.1) is 7.11 Å². The third-order valence-corrected chi connectivity index (χ3v) is 2.58. The summed E-state index contributed by atoms with van der Waals surface area (Å²) in [6, 6.07) is -1.26. The molecule has 9 heteroatoms. The van der Waals surface area contributed by atoms with Gasteiger partial charge in [0.25, 0.3) is 0 Å². The van der Waals surface area contributed by atoms with E-state index in [2.05, 4.69) is 10.1 Å². The van der Waals surface area contributed by atoms with Gasteiger partial charge >= 0.3 is 18.2 Å². The van der Waals surface area contributed by atoms with Crippen LogP contribution in [0.4, 0.5) is 9.59 Å². The van der Waals surface area contributed by atoms with E-state index in [0.717, 1.165) is 0 Å². The Morgan fingerprint density at radius 2 is 1.32 bits per heavy atom. The molecule has 0 unspecified atom stereocenters. The Morgan fingerprint density at radius 3 is 1.64 bits per heavy atom. The molecule has 3 amide bonds. The first-order valence-electron chi connectivity index (χ1n) is 7.77. The number of esters is 1. The summed E-state index contributed by atoms with van der Waals surface area (Å²) in [5, 5.41) is 2.28. The third-order valence-electron chi connectivity index (χ3n) is 2.58. The van der Waals surface area contributed by atoms with Crippen LogP contribution in [0.5, 0.6) is 0 Å². The number of imide groups is 1. The number of nitrogens with zero attached hydrogens (tertiary/aromatic N) is 1. The van der Waals surface area contributed by atoms with Crippen molar-refractivity contribution in [3.63, 3.8) is 0 Å². The Balaban J connectivity index is 5.35. The maximum atomic E-state index is 12.4. The lowest BCUT2D eigenvalue weighted by Crippen LogP contribution is -2.53. The highest BCUT2D eigenvalue weighted by molar-refractivity contribution is 5.96. The Bertz CT molecular complexity index is 490. The van der Waals surface area contributed by atoms with Crippen molar-refractivity contribution in [3.05, 3.63) is 0 Å². The highest BCUT2D eigenvalue weighted by Gasteiger charge is 2.37. The zero-order valence-corrected chi connectivity index (χ0v) is 16.1. The van der Waals surface area contributed by atoms with Gasteiger partial charge in [-0.05, 0) is 48.5 Å². The summed E-state index contributed by atoms with van der Waals surface area (Å²) < 4.78 is 14.8. The second-order valence-electron chi connectivity index (χ2n) is 7.30. The standard InChI is InChI=1S/C16H28N2O7/c1-10(12(20)17-9-11(19)23-8)18(13(21)24-15(2,3)4)14(22)25-16(5,6)7/h10H,9H2,1-8H3,(H,17,20)/t10-/m0/s1. The predicted octanol–water partition coefficient (Wildman–Crippen LogP) is 1.84. The molecule has 9 nitrogen and oxygen atoms in total. The van der Waals surface area contributed by atoms with Crippen molar-refractivity contribution >= 4 is 24.1 Å². The van der Waals surface area contributed by atoms with Crippen molar-refractivity contribution in [2.24, 2.45) is 0 Å². The van der Waals surface area contributed by atoms with E-state index < -0.39 is 47.9 Å². The monoisotopic (exact) mass is 360 g/mol. The van der Waals surface area contributed by atoms with Crippen molar-refractivity contribution < 1.29 is 33.4 Å². The van der Waals surface area contributed by atoms with Gasteiger partial charge in [-0.1, -0.05) is 0 Å². The SMILES string of the molecule is COC(=O)CNC(=O)[C@H](C)N(C(=O)OC(C)(C)C)C(=O)OC(C)(C)C. The van der Waals surface area contributed by atoms with Crippen LogP contribution in [-0.4, -0.2) is 59.9 Å². The van der Waals surface area contributed by atoms with Gasteiger partial charge in [-0.25, -0.2) is 9.59 Å². The summed E-state index contributed by atoms with van der Waals surface area (Å²) in [7, 11) is 1.17. The molecule has 0 aliphatic rings. The fourth-order valence-corrected chi connectivity index (χ4v) is 1.51. The van der Waals surface area contributed by atoms with Crippen LogP contribution in [0.2, 0.25) is 0 Å². The molecule has 144 valence electrons. The number of amides is 3. The molecule has 0 heterocycles. The molecule has 0 saturated carbocycles. The highest BCUT2D eigenvalue weighted by Crippen LogP contribution is 2.16. The number of rotatable bonds is 4. The zero-order valence-electron chi connectivity index (χ0n) is 16.1. The van der Waals surface area contributed by atoms with Crippen LogP contribution in [0.1, 0.15) is 48.5 Å². The Morgan fingerprint density at radius 1 is 0.920 bits per heavy atom. The summed E-state index contributed by atoms with van der Waals surface area (Å²) in [6.07, 6.45) is -2.05. The van der Waals surface area contributed by atoms with Crippen LogP contribution < -0.4 is 5.32 Å². The quantitative estimate of drug-likeness (QED) is 0.601. The van der Waals surface area contributed by atoms with Crippen LogP contribution in [0.25, 0.3) is 0 Å². The maximum absolute atomic E-state index is 12.4. The number of methoxy groups -OCH3 is 1. The van der Waals surface area contributed by atoms with Crippen molar-refractivity contribution in [2.45, 2.75) is 65.7 Å². The summed E-state index contributed by atoms with van der Waals surface area (Å²) in [4.78, 5) is 48.6. The maximum Gasteiger partial charge on any atom is 0.420 e. The average molecular weight is 360 g/mol. The van der Waals surface area contributed by atoms with E-state index in [1.54, 1.807) is 41.5 Å². The molecule has 0 aromatic heterocycles. The molecule has 0 rings (SSSR count). The molecule has 0 bridgehead atoms. The van der Waals surface area contributed by atoms with E-state index in [4.69, 9.17) is 9.47 Å². The Kier molecular flexibility index (Phi) is 7.88. The van der Waals surface area contributed by atoms with E-state index >= 15 is 0 Å². The van der Waals surface area contributed by atoms with Crippen LogP contribution in [-0.2, 0) is 23.8 Å². The zero-order chi connectivity index (χ0) is 20.0. The fourth-order valence-electron chi connectivity index (χ4n) is 1.51. The second kappa shape index (κ2) is 8.68. The van der Waals surface area contributed by atoms with Crippen molar-refractivity contribution in [1.82, 2.24) is 10.2 Å². The smallest absolute Gasteiger partial charge is 0.420 e. The molecule has 0 saturated heterocycles. The van der Waals surface area contributed by atoms with Crippen LogP contribution >= 0.6 is 0 Å². The number of nitrogens with one attached hydrogen (secondary N) is 1. The van der Waals surface area contributed by atoms with E-state index in [1.807, 2.05) is 0 Å². The fraction of sp³-hybridized carbons (Fsp3) is 0.750. The number of ether oxygens (including phenoxy) is 3. The van der Waals surface area contributed by atoms with Gasteiger partial charge in [0.1, 0.15) is 23.8 Å². The number of hydrogen-bond acceptors (Lipinski definition) is 7. The van der Waals surface area contributed by atoms with Crippen LogP contribution in [0.15, 0.2) is 0 Å². The lowest BCUT2D eigenvalue weighted by atomic mass is 10.2. The minimum absolute atomic E-state index is 0.393. The molecule has 1 N–H and O–H groups in total. The molecule has 0 aromatic rings. The van der Waals surface area contributed by atoms with Gasteiger partial charge in [0.15, 0.2) is 0 Å². The van der Waals surface area contributed by atoms with Crippen molar-refractivity contribution in [3.8, 4) is 0 Å². The molecule has 25 heavy (non-hydrogen) atoms. The lowest BCUT2D eigenvalue weighted by Gasteiger charge is -2.31. The van der Waals surface area contributed by atoms with Crippen molar-refractivity contribution in [1.29, 1.82) is 0 Å². The van der Waals surface area contributed by atoms with Gasteiger partial charge in [-0.15, -0.1) is 0 Å². The summed E-state index contributed by atoms with van der Waals surface area (Å²) in [5.41, 5.74) is -1.75. The van der Waals surface area contributed by atoms with Gasteiger partial charge in [0.2, 0.25) is 5.91 Å². The molecular weight excluding hydrogens is 332 g/mol. The van der Waals surface area contributed by atoms with Crippen LogP contribution in [0, 0.1) is 0 Å². The van der Waals surface area contributed by atoms with Gasteiger partial charge < -0.3 is 19.5 Å². The van der Waals surface area contributed by atoms with Gasteiger partial charge in [-0.3, -0.25) is 9.59 Å². The molecule has 1 atom stereocenters. The lowest BCUT2D eigenvalue weighted by molar-refractivity contribution is -0.141. The number of hydrogen-bond donors (Lipinski definition) is 1. The van der Waals surface area contributed by atoms with E-state index in [0.29, 0.717) is 4.90 Å². The first kappa shape index (κ1) is 22.7. The molecule has 0 spiro atoms. The number of carbonyl (C=O) groups is 4. The molecular formula is C16H28N2O7. The minimum atomic E-state index is -1.26.